The smallest absolute Gasteiger partial charge is 0.225 e. The highest BCUT2D eigenvalue weighted by Gasteiger charge is 2.18. The van der Waals surface area contributed by atoms with Gasteiger partial charge in [0.15, 0.2) is 17.4 Å². The van der Waals surface area contributed by atoms with E-state index in [2.05, 4.69) is 25.9 Å². The second-order valence-electron chi connectivity index (χ2n) is 4.82. The van der Waals surface area contributed by atoms with Gasteiger partial charge in [0.25, 0.3) is 0 Å². The molecule has 2 rings (SSSR count). The highest BCUT2D eigenvalue weighted by molar-refractivity contribution is 5.79. The number of rotatable bonds is 7. The maximum absolute atomic E-state index is 13.6. The molecule has 0 aliphatic rings. The van der Waals surface area contributed by atoms with Crippen LogP contribution in [-0.2, 0) is 11.2 Å². The van der Waals surface area contributed by atoms with Gasteiger partial charge in [0.1, 0.15) is 0 Å². The summed E-state index contributed by atoms with van der Waals surface area (Å²) in [6.45, 7) is 2.00. The zero-order valence-electron chi connectivity index (χ0n) is 12.5. The SMILES string of the molecule is CCCC(NC(=O)Cc1ccc(OC)c(F)c1)c1nn[nH]n1. The van der Waals surface area contributed by atoms with Crippen molar-refractivity contribution in [1.29, 1.82) is 0 Å². The van der Waals surface area contributed by atoms with Gasteiger partial charge in [-0.25, -0.2) is 4.39 Å². The van der Waals surface area contributed by atoms with Crippen molar-refractivity contribution in [3.05, 3.63) is 35.4 Å². The molecule has 0 aliphatic carbocycles. The summed E-state index contributed by atoms with van der Waals surface area (Å²) in [5.41, 5.74) is 0.569. The lowest BCUT2D eigenvalue weighted by atomic mass is 10.1. The molecule has 1 aromatic heterocycles. The van der Waals surface area contributed by atoms with Gasteiger partial charge in [-0.05, 0) is 24.1 Å². The maximum atomic E-state index is 13.6. The van der Waals surface area contributed by atoms with E-state index in [0.717, 1.165) is 6.42 Å². The van der Waals surface area contributed by atoms with Crippen LogP contribution in [0, 0.1) is 5.82 Å². The fourth-order valence-electron chi connectivity index (χ4n) is 2.12. The Labute approximate surface area is 127 Å². The molecule has 22 heavy (non-hydrogen) atoms. The number of tetrazole rings is 1. The fraction of sp³-hybridized carbons (Fsp3) is 0.429. The summed E-state index contributed by atoms with van der Waals surface area (Å²) in [5, 5.41) is 16.5. The Morgan fingerprint density at radius 3 is 2.91 bits per heavy atom. The van der Waals surface area contributed by atoms with E-state index < -0.39 is 5.82 Å². The maximum Gasteiger partial charge on any atom is 0.225 e. The Morgan fingerprint density at radius 1 is 1.50 bits per heavy atom. The number of aromatic nitrogens is 4. The van der Waals surface area contributed by atoms with Gasteiger partial charge in [-0.3, -0.25) is 4.79 Å². The van der Waals surface area contributed by atoms with Gasteiger partial charge in [0, 0.05) is 0 Å². The lowest BCUT2D eigenvalue weighted by Gasteiger charge is -2.14. The topological polar surface area (TPSA) is 92.8 Å². The van der Waals surface area contributed by atoms with Gasteiger partial charge >= 0.3 is 0 Å². The second-order valence-corrected chi connectivity index (χ2v) is 4.82. The van der Waals surface area contributed by atoms with E-state index >= 15 is 0 Å². The summed E-state index contributed by atoms with van der Waals surface area (Å²) in [4.78, 5) is 12.1. The molecule has 2 N–H and O–H groups in total. The van der Waals surface area contributed by atoms with Crippen molar-refractivity contribution in [2.24, 2.45) is 0 Å². The molecule has 1 heterocycles. The van der Waals surface area contributed by atoms with E-state index in [1.54, 1.807) is 6.07 Å². The molecule has 0 spiro atoms. The number of halogens is 1. The number of H-pyrrole nitrogens is 1. The van der Waals surface area contributed by atoms with Crippen LogP contribution in [0.3, 0.4) is 0 Å². The molecule has 0 radical (unpaired) electrons. The number of hydrogen-bond donors (Lipinski definition) is 2. The zero-order chi connectivity index (χ0) is 15.9. The number of ether oxygens (including phenoxy) is 1. The average molecular weight is 307 g/mol. The van der Waals surface area contributed by atoms with E-state index in [4.69, 9.17) is 4.74 Å². The first-order valence-electron chi connectivity index (χ1n) is 6.99. The van der Waals surface area contributed by atoms with Gasteiger partial charge < -0.3 is 10.1 Å². The standard InChI is InChI=1S/C14H18FN5O2/c1-3-4-11(14-17-19-20-18-14)16-13(21)8-9-5-6-12(22-2)10(15)7-9/h5-7,11H,3-4,8H2,1-2H3,(H,16,21)(H,17,18,19,20). The molecule has 1 unspecified atom stereocenters. The fourth-order valence-corrected chi connectivity index (χ4v) is 2.12. The summed E-state index contributed by atoms with van der Waals surface area (Å²) in [6, 6.07) is 4.15. The van der Waals surface area contributed by atoms with Crippen molar-refractivity contribution in [2.75, 3.05) is 7.11 Å². The number of carbonyl (C=O) groups excluding carboxylic acids is 1. The van der Waals surface area contributed by atoms with Crippen molar-refractivity contribution in [1.82, 2.24) is 25.9 Å². The van der Waals surface area contributed by atoms with Gasteiger partial charge in [-0.2, -0.15) is 5.21 Å². The number of amides is 1. The summed E-state index contributed by atoms with van der Waals surface area (Å²) < 4.78 is 18.5. The first-order chi connectivity index (χ1) is 10.6. The molecule has 8 heteroatoms. The number of methoxy groups -OCH3 is 1. The number of nitrogens with zero attached hydrogens (tertiary/aromatic N) is 3. The van der Waals surface area contributed by atoms with Crippen molar-refractivity contribution >= 4 is 5.91 Å². The van der Waals surface area contributed by atoms with E-state index in [-0.39, 0.29) is 24.1 Å². The monoisotopic (exact) mass is 307 g/mol. The lowest BCUT2D eigenvalue weighted by molar-refractivity contribution is -0.121. The van der Waals surface area contributed by atoms with Crippen LogP contribution in [0.4, 0.5) is 4.39 Å². The minimum Gasteiger partial charge on any atom is -0.494 e. The van der Waals surface area contributed by atoms with Crippen LogP contribution >= 0.6 is 0 Å². The van der Waals surface area contributed by atoms with Gasteiger partial charge in [-0.15, -0.1) is 10.2 Å². The summed E-state index contributed by atoms with van der Waals surface area (Å²) in [6.07, 6.45) is 1.62. The third-order valence-electron chi connectivity index (χ3n) is 3.17. The average Bonchev–Trinajstić information content (AvgIpc) is 3.01. The molecule has 0 aliphatic heterocycles. The number of aromatic amines is 1. The van der Waals surface area contributed by atoms with Crippen molar-refractivity contribution in [3.63, 3.8) is 0 Å². The molecule has 1 aromatic carbocycles. The van der Waals surface area contributed by atoms with Crippen LogP contribution in [0.5, 0.6) is 5.75 Å². The van der Waals surface area contributed by atoms with Gasteiger partial charge in [0.2, 0.25) is 5.91 Å². The molecular formula is C14H18FN5O2. The zero-order valence-corrected chi connectivity index (χ0v) is 12.5. The summed E-state index contributed by atoms with van der Waals surface area (Å²) in [7, 11) is 1.39. The van der Waals surface area contributed by atoms with Gasteiger partial charge in [-0.1, -0.05) is 24.6 Å². The van der Waals surface area contributed by atoms with Crippen molar-refractivity contribution in [3.8, 4) is 5.75 Å². The molecule has 0 saturated heterocycles. The normalized spacial score (nSPS) is 12.0. The molecule has 1 atom stereocenters. The Kier molecular flexibility index (Phi) is 5.40. The number of carbonyl (C=O) groups is 1. The van der Waals surface area contributed by atoms with Gasteiger partial charge in [0.05, 0.1) is 19.6 Å². The number of hydrogen-bond acceptors (Lipinski definition) is 5. The Balaban J connectivity index is 2.00. The van der Waals surface area contributed by atoms with E-state index in [1.165, 1.54) is 19.2 Å². The highest BCUT2D eigenvalue weighted by atomic mass is 19.1. The Morgan fingerprint density at radius 2 is 2.32 bits per heavy atom. The van der Waals surface area contributed by atoms with Crippen LogP contribution in [0.1, 0.15) is 37.2 Å². The third kappa shape index (κ3) is 4.00. The Hall–Kier alpha value is -2.51. The van der Waals surface area contributed by atoms with Crippen LogP contribution in [0.15, 0.2) is 18.2 Å². The molecule has 1 amide bonds. The molecule has 118 valence electrons. The molecule has 0 saturated carbocycles. The van der Waals surface area contributed by atoms with E-state index in [0.29, 0.717) is 17.8 Å². The molecule has 0 bridgehead atoms. The molecule has 7 nitrogen and oxygen atoms in total. The van der Waals surface area contributed by atoms with E-state index in [1.807, 2.05) is 6.92 Å². The first-order valence-corrected chi connectivity index (χ1v) is 6.99. The predicted octanol–water partition coefficient (Wildman–Crippen LogP) is 1.55. The summed E-state index contributed by atoms with van der Waals surface area (Å²) >= 11 is 0. The minimum atomic E-state index is -0.490. The first kappa shape index (κ1) is 15.9. The highest BCUT2D eigenvalue weighted by Crippen LogP contribution is 2.18. The molecule has 0 fully saturated rings. The van der Waals surface area contributed by atoms with Crippen molar-refractivity contribution in [2.45, 2.75) is 32.2 Å². The minimum absolute atomic E-state index is 0.0684. The molecule has 2 aromatic rings. The molecular weight excluding hydrogens is 289 g/mol. The quantitative estimate of drug-likeness (QED) is 0.809. The predicted molar refractivity (Wildman–Crippen MR) is 76.6 cm³/mol. The largest absolute Gasteiger partial charge is 0.494 e. The van der Waals surface area contributed by atoms with Crippen molar-refractivity contribution < 1.29 is 13.9 Å². The van der Waals surface area contributed by atoms with E-state index in [9.17, 15) is 9.18 Å². The van der Waals surface area contributed by atoms with Crippen LogP contribution < -0.4 is 10.1 Å². The number of nitrogens with one attached hydrogen (secondary N) is 2. The lowest BCUT2D eigenvalue weighted by Crippen LogP contribution is -2.30. The third-order valence-corrected chi connectivity index (χ3v) is 3.17. The summed E-state index contributed by atoms with van der Waals surface area (Å²) in [5.74, 6) is -0.125. The Bertz CT molecular complexity index is 618. The van der Waals surface area contributed by atoms with Crippen LogP contribution in [-0.4, -0.2) is 33.6 Å². The second kappa shape index (κ2) is 7.48. The van der Waals surface area contributed by atoms with Crippen LogP contribution in [0.25, 0.3) is 0 Å². The van der Waals surface area contributed by atoms with Crippen LogP contribution in [0.2, 0.25) is 0 Å². The number of benzene rings is 1.